The number of likely N-dealkylation sites (tertiary alicyclic amines) is 1. The monoisotopic (exact) mass is 434 g/mol. The number of carbonyl (C=O) groups excluding carboxylic acids is 2. The SMILES string of the molecule is O=C(Nc1ccc(Oc2ccc(F)cc2)nc1)NC(CN1CCCC1=O)c1ccccc1. The Bertz CT molecular complexity index is 1060. The molecule has 1 aromatic heterocycles. The van der Waals surface area contributed by atoms with Crippen molar-refractivity contribution in [2.24, 2.45) is 0 Å². The van der Waals surface area contributed by atoms with Gasteiger partial charge in [-0.25, -0.2) is 14.2 Å². The van der Waals surface area contributed by atoms with E-state index in [0.717, 1.165) is 12.0 Å². The van der Waals surface area contributed by atoms with Gasteiger partial charge in [-0.3, -0.25) is 4.79 Å². The van der Waals surface area contributed by atoms with Gasteiger partial charge >= 0.3 is 6.03 Å². The molecule has 32 heavy (non-hydrogen) atoms. The first-order valence-electron chi connectivity index (χ1n) is 10.4. The van der Waals surface area contributed by atoms with Gasteiger partial charge in [-0.15, -0.1) is 0 Å². The maximum Gasteiger partial charge on any atom is 0.319 e. The van der Waals surface area contributed by atoms with E-state index in [-0.39, 0.29) is 17.8 Å². The average molecular weight is 434 g/mol. The number of aromatic nitrogens is 1. The average Bonchev–Trinajstić information content (AvgIpc) is 3.21. The minimum atomic E-state index is -0.403. The van der Waals surface area contributed by atoms with E-state index in [1.807, 2.05) is 30.3 Å². The van der Waals surface area contributed by atoms with E-state index in [1.165, 1.54) is 30.5 Å². The molecule has 8 heteroatoms. The van der Waals surface area contributed by atoms with Gasteiger partial charge in [-0.05, 0) is 42.3 Å². The standard InChI is InChI=1S/C24H23FN4O3/c25-18-8-11-20(12-9-18)32-22-13-10-19(15-26-22)27-24(31)28-21(17-5-2-1-3-6-17)16-29-14-4-7-23(29)30/h1-3,5-6,8-13,15,21H,4,7,14,16H2,(H2,27,28,31). The number of ether oxygens (including phenoxy) is 1. The van der Waals surface area contributed by atoms with E-state index in [2.05, 4.69) is 15.6 Å². The largest absolute Gasteiger partial charge is 0.439 e. The Hall–Kier alpha value is -3.94. The molecule has 0 aliphatic carbocycles. The summed E-state index contributed by atoms with van der Waals surface area (Å²) in [4.78, 5) is 30.6. The van der Waals surface area contributed by atoms with Crippen LogP contribution in [0.5, 0.6) is 11.6 Å². The Morgan fingerprint density at radius 2 is 1.88 bits per heavy atom. The summed E-state index contributed by atoms with van der Waals surface area (Å²) in [5, 5.41) is 5.71. The lowest BCUT2D eigenvalue weighted by atomic mass is 10.1. The van der Waals surface area contributed by atoms with Gasteiger partial charge < -0.3 is 20.3 Å². The highest BCUT2D eigenvalue weighted by Gasteiger charge is 2.25. The number of amides is 3. The summed E-state index contributed by atoms with van der Waals surface area (Å²) in [6.07, 6.45) is 2.86. The van der Waals surface area contributed by atoms with E-state index in [1.54, 1.807) is 17.0 Å². The topological polar surface area (TPSA) is 83.6 Å². The molecule has 7 nitrogen and oxygen atoms in total. The Balaban J connectivity index is 1.38. The van der Waals surface area contributed by atoms with Crippen LogP contribution in [-0.4, -0.2) is 34.9 Å². The number of rotatable bonds is 7. The van der Waals surface area contributed by atoms with Crippen LogP contribution in [0.1, 0.15) is 24.4 Å². The lowest BCUT2D eigenvalue weighted by Crippen LogP contribution is -2.40. The van der Waals surface area contributed by atoms with Crippen LogP contribution in [0.3, 0.4) is 0 Å². The predicted octanol–water partition coefficient (Wildman–Crippen LogP) is 4.50. The molecule has 2 heterocycles. The summed E-state index contributed by atoms with van der Waals surface area (Å²) in [5.41, 5.74) is 1.40. The second-order valence-electron chi connectivity index (χ2n) is 7.45. The Morgan fingerprint density at radius 1 is 1.09 bits per heavy atom. The van der Waals surface area contributed by atoms with Crippen molar-refractivity contribution in [3.05, 3.63) is 84.3 Å². The summed E-state index contributed by atoms with van der Waals surface area (Å²) in [7, 11) is 0. The minimum Gasteiger partial charge on any atom is -0.439 e. The van der Waals surface area contributed by atoms with E-state index in [9.17, 15) is 14.0 Å². The molecule has 3 amide bonds. The van der Waals surface area contributed by atoms with Crippen molar-refractivity contribution >= 4 is 17.6 Å². The van der Waals surface area contributed by atoms with E-state index in [4.69, 9.17) is 4.74 Å². The Labute approximate surface area is 185 Å². The zero-order valence-electron chi connectivity index (χ0n) is 17.3. The number of nitrogens with zero attached hydrogens (tertiary/aromatic N) is 2. The molecule has 0 spiro atoms. The third kappa shape index (κ3) is 5.60. The molecule has 2 aromatic carbocycles. The lowest BCUT2D eigenvalue weighted by molar-refractivity contribution is -0.128. The molecule has 2 N–H and O–H groups in total. The Morgan fingerprint density at radius 3 is 2.53 bits per heavy atom. The number of pyridine rings is 1. The number of anilines is 1. The molecule has 1 aliphatic heterocycles. The molecular formula is C24H23FN4O3. The minimum absolute atomic E-state index is 0.106. The second-order valence-corrected chi connectivity index (χ2v) is 7.45. The molecular weight excluding hydrogens is 411 g/mol. The summed E-state index contributed by atoms with van der Waals surface area (Å²) < 4.78 is 18.6. The van der Waals surface area contributed by atoms with Crippen LogP contribution in [0.4, 0.5) is 14.9 Å². The normalized spacial score (nSPS) is 14.2. The van der Waals surface area contributed by atoms with E-state index >= 15 is 0 Å². The third-order valence-corrected chi connectivity index (χ3v) is 5.11. The molecule has 3 aromatic rings. The van der Waals surface area contributed by atoms with Crippen molar-refractivity contribution < 1.29 is 18.7 Å². The molecule has 164 valence electrons. The fourth-order valence-electron chi connectivity index (χ4n) is 3.50. The van der Waals surface area contributed by atoms with Gasteiger partial charge in [-0.1, -0.05) is 30.3 Å². The number of benzene rings is 2. The van der Waals surface area contributed by atoms with Crippen LogP contribution < -0.4 is 15.4 Å². The lowest BCUT2D eigenvalue weighted by Gasteiger charge is -2.25. The van der Waals surface area contributed by atoms with Crippen LogP contribution in [0.2, 0.25) is 0 Å². The molecule has 1 unspecified atom stereocenters. The maximum absolute atomic E-state index is 13.0. The molecule has 1 saturated heterocycles. The first-order valence-corrected chi connectivity index (χ1v) is 10.4. The van der Waals surface area contributed by atoms with Crippen LogP contribution >= 0.6 is 0 Å². The highest BCUT2D eigenvalue weighted by molar-refractivity contribution is 5.89. The number of hydrogen-bond acceptors (Lipinski definition) is 4. The van der Waals surface area contributed by atoms with Crippen LogP contribution in [0, 0.1) is 5.82 Å². The van der Waals surface area contributed by atoms with Gasteiger partial charge in [0.2, 0.25) is 11.8 Å². The second kappa shape index (κ2) is 9.91. The summed E-state index contributed by atoms with van der Waals surface area (Å²) in [6.45, 7) is 1.11. The summed E-state index contributed by atoms with van der Waals surface area (Å²) >= 11 is 0. The van der Waals surface area contributed by atoms with Crippen LogP contribution in [-0.2, 0) is 4.79 Å². The molecule has 0 saturated carbocycles. The quantitative estimate of drug-likeness (QED) is 0.574. The van der Waals surface area contributed by atoms with E-state index < -0.39 is 6.03 Å². The molecule has 0 bridgehead atoms. The van der Waals surface area contributed by atoms with E-state index in [0.29, 0.717) is 36.8 Å². The number of halogens is 1. The van der Waals surface area contributed by atoms with Crippen molar-refractivity contribution in [1.82, 2.24) is 15.2 Å². The zero-order chi connectivity index (χ0) is 22.3. The molecule has 4 rings (SSSR count). The third-order valence-electron chi connectivity index (χ3n) is 5.11. The van der Waals surface area contributed by atoms with Crippen molar-refractivity contribution in [2.45, 2.75) is 18.9 Å². The van der Waals surface area contributed by atoms with Crippen molar-refractivity contribution in [3.8, 4) is 11.6 Å². The van der Waals surface area contributed by atoms with Gasteiger partial charge in [-0.2, -0.15) is 0 Å². The highest BCUT2D eigenvalue weighted by atomic mass is 19.1. The van der Waals surface area contributed by atoms with Crippen molar-refractivity contribution in [3.63, 3.8) is 0 Å². The van der Waals surface area contributed by atoms with Crippen molar-refractivity contribution in [2.75, 3.05) is 18.4 Å². The molecule has 1 fully saturated rings. The first-order chi connectivity index (χ1) is 15.6. The van der Waals surface area contributed by atoms with Crippen molar-refractivity contribution in [1.29, 1.82) is 0 Å². The zero-order valence-corrected chi connectivity index (χ0v) is 17.3. The first kappa shape index (κ1) is 21.3. The number of urea groups is 1. The summed E-state index contributed by atoms with van der Waals surface area (Å²) in [5.74, 6) is 0.532. The van der Waals surface area contributed by atoms with Gasteiger partial charge in [0.05, 0.1) is 17.9 Å². The fraction of sp³-hybridized carbons (Fsp3) is 0.208. The molecule has 0 radical (unpaired) electrons. The fourth-order valence-corrected chi connectivity index (χ4v) is 3.50. The number of carbonyl (C=O) groups is 2. The summed E-state index contributed by atoms with van der Waals surface area (Å²) in [6, 6.07) is 17.7. The Kier molecular flexibility index (Phi) is 6.60. The van der Waals surface area contributed by atoms with Crippen LogP contribution in [0.15, 0.2) is 72.9 Å². The smallest absolute Gasteiger partial charge is 0.319 e. The highest BCUT2D eigenvalue weighted by Crippen LogP contribution is 2.21. The molecule has 1 aliphatic rings. The van der Waals surface area contributed by atoms with Gasteiger partial charge in [0, 0.05) is 25.6 Å². The van der Waals surface area contributed by atoms with Crippen LogP contribution in [0.25, 0.3) is 0 Å². The number of nitrogens with one attached hydrogen (secondary N) is 2. The maximum atomic E-state index is 13.0. The van der Waals surface area contributed by atoms with Gasteiger partial charge in [0.1, 0.15) is 11.6 Å². The predicted molar refractivity (Wildman–Crippen MR) is 118 cm³/mol. The molecule has 1 atom stereocenters. The van der Waals surface area contributed by atoms with Gasteiger partial charge in [0.15, 0.2) is 0 Å². The van der Waals surface area contributed by atoms with Gasteiger partial charge in [0.25, 0.3) is 0 Å². The number of hydrogen-bond donors (Lipinski definition) is 2.